The average Bonchev–Trinajstić information content (AvgIpc) is 3.46. The van der Waals surface area contributed by atoms with Gasteiger partial charge in [-0.3, -0.25) is 10.2 Å². The highest BCUT2D eigenvalue weighted by molar-refractivity contribution is 6.00. The number of esters is 1. The first-order valence-corrected chi connectivity index (χ1v) is 15.8. The summed E-state index contributed by atoms with van der Waals surface area (Å²) in [4.78, 5) is 29.8. The SMILES string of the molecule is CCCCCCCCCCCCCCCC(=O)O[C@H]1[C@H](O)[C@H]([N+]2([C@@H]3O[C@H](CO)[C@@H](O)[C@H]3O)C=NC(=N)NC2=O)O[C@@H]1CO. The molecule has 0 aromatic heterocycles. The fourth-order valence-electron chi connectivity index (χ4n) is 6.04. The van der Waals surface area contributed by atoms with Gasteiger partial charge in [0.05, 0.1) is 13.2 Å². The topological polar surface area (TPSA) is 211 Å². The maximum atomic E-state index is 13.3. The minimum absolute atomic E-state index is 0.109. The van der Waals surface area contributed by atoms with Crippen LogP contribution in [0.15, 0.2) is 4.99 Å². The van der Waals surface area contributed by atoms with E-state index in [0.717, 1.165) is 25.6 Å². The van der Waals surface area contributed by atoms with Crippen LogP contribution in [0.2, 0.25) is 0 Å². The lowest BCUT2D eigenvalue weighted by Gasteiger charge is -2.42. The predicted octanol–water partition coefficient (Wildman–Crippen LogP) is 1.40. The zero-order valence-electron chi connectivity index (χ0n) is 25.2. The zero-order chi connectivity index (χ0) is 31.4. The largest absolute Gasteiger partial charge is 0.456 e. The first-order chi connectivity index (χ1) is 20.7. The van der Waals surface area contributed by atoms with E-state index in [-0.39, 0.29) is 6.42 Å². The highest BCUT2D eigenvalue weighted by atomic mass is 16.6. The summed E-state index contributed by atoms with van der Waals surface area (Å²) in [5.41, 5.74) is 0. The van der Waals surface area contributed by atoms with Crippen molar-refractivity contribution in [2.24, 2.45) is 4.99 Å². The molecule has 14 nitrogen and oxygen atoms in total. The molecule has 2 fully saturated rings. The van der Waals surface area contributed by atoms with E-state index in [1.54, 1.807) is 0 Å². The van der Waals surface area contributed by atoms with Gasteiger partial charge in [-0.2, -0.15) is 4.99 Å². The quantitative estimate of drug-likeness (QED) is 0.0630. The highest BCUT2D eigenvalue weighted by Gasteiger charge is 2.67. The van der Waals surface area contributed by atoms with Gasteiger partial charge in [-0.1, -0.05) is 84.0 Å². The fourth-order valence-corrected chi connectivity index (χ4v) is 6.04. The fraction of sp³-hybridized carbons (Fsp3) is 0.862. The number of aliphatic hydroxyl groups is 5. The Labute approximate surface area is 253 Å². The number of hydrogen-bond donors (Lipinski definition) is 7. The number of hydrogen-bond acceptors (Lipinski definition) is 11. The minimum Gasteiger partial charge on any atom is -0.456 e. The van der Waals surface area contributed by atoms with Crippen LogP contribution < -0.4 is 5.32 Å². The Balaban J connectivity index is 1.51. The molecule has 14 heteroatoms. The standard InChI is InChI=1S/C29H50N4O10/c1-2-3-4-5-6-7-8-9-10-11-12-13-14-15-21(36)43-25-20(17-35)42-27(24(25)39)33(18-31-28(30)32-29(33)40)26-23(38)22(37)19(16-34)41-26/h18-20,22-27,34-35,37-39H,2-17H2,1H3,(H-,30,32,40)/p+1/t19-,20-,22-,23-,24+,25-,26-,27-,33?/m1/s1. The summed E-state index contributed by atoms with van der Waals surface area (Å²) in [6.07, 6.45) is 4.15. The van der Waals surface area contributed by atoms with E-state index in [1.165, 1.54) is 57.8 Å². The van der Waals surface area contributed by atoms with Gasteiger partial charge in [-0.05, 0) is 6.42 Å². The number of carbonyl (C=O) groups is 2. The van der Waals surface area contributed by atoms with Crippen molar-refractivity contribution in [1.82, 2.24) is 5.32 Å². The molecule has 3 rings (SSSR count). The second kappa shape index (κ2) is 17.4. The molecule has 246 valence electrons. The number of amides is 2. The number of unbranched alkanes of at least 4 members (excludes halogenated alkanes) is 12. The number of aliphatic hydroxyl groups excluding tert-OH is 5. The van der Waals surface area contributed by atoms with Crippen molar-refractivity contribution < 1.29 is 53.8 Å². The van der Waals surface area contributed by atoms with E-state index in [4.69, 9.17) is 19.6 Å². The molecule has 0 aromatic carbocycles. The van der Waals surface area contributed by atoms with Gasteiger partial charge in [-0.15, -0.1) is 4.48 Å². The zero-order valence-corrected chi connectivity index (χ0v) is 25.2. The summed E-state index contributed by atoms with van der Waals surface area (Å²) in [5, 5.41) is 61.7. The van der Waals surface area contributed by atoms with E-state index < -0.39 is 84.7 Å². The highest BCUT2D eigenvalue weighted by Crippen LogP contribution is 2.38. The molecule has 0 bridgehead atoms. The van der Waals surface area contributed by atoms with Crippen molar-refractivity contribution in [3.63, 3.8) is 0 Å². The molecule has 0 aromatic rings. The second-order valence-electron chi connectivity index (χ2n) is 11.8. The molecule has 3 heterocycles. The maximum absolute atomic E-state index is 13.3. The van der Waals surface area contributed by atoms with Gasteiger partial charge in [0, 0.05) is 6.42 Å². The molecule has 0 saturated carbocycles. The monoisotopic (exact) mass is 615 g/mol. The van der Waals surface area contributed by atoms with Crippen LogP contribution >= 0.6 is 0 Å². The summed E-state index contributed by atoms with van der Waals surface area (Å²) in [6, 6.07) is -0.977. The molecule has 0 radical (unpaired) electrons. The van der Waals surface area contributed by atoms with Crippen molar-refractivity contribution in [2.45, 2.75) is 146 Å². The molecular formula is C29H51N4O10+. The molecule has 1 unspecified atom stereocenters. The number of rotatable bonds is 19. The normalized spacial score (nSPS) is 34.1. The van der Waals surface area contributed by atoms with E-state index in [1.807, 2.05) is 0 Å². The van der Waals surface area contributed by atoms with Crippen LogP contribution in [0.25, 0.3) is 0 Å². The first kappa shape index (κ1) is 35.4. The van der Waals surface area contributed by atoms with Crippen molar-refractivity contribution in [2.75, 3.05) is 13.2 Å². The number of carbonyl (C=O) groups excluding carboxylic acids is 2. The van der Waals surface area contributed by atoms with E-state index in [0.29, 0.717) is 6.42 Å². The van der Waals surface area contributed by atoms with Crippen LogP contribution in [0, 0.1) is 5.41 Å². The van der Waals surface area contributed by atoms with Crippen molar-refractivity contribution in [3.8, 4) is 0 Å². The summed E-state index contributed by atoms with van der Waals surface area (Å²) < 4.78 is 15.7. The van der Waals surface area contributed by atoms with E-state index in [2.05, 4.69) is 17.2 Å². The maximum Gasteiger partial charge on any atom is 0.433 e. The average molecular weight is 616 g/mol. The number of quaternary nitrogens is 1. The number of urea groups is 1. The summed E-state index contributed by atoms with van der Waals surface area (Å²) in [7, 11) is 0. The Hall–Kier alpha value is -2.04. The van der Waals surface area contributed by atoms with Gasteiger partial charge >= 0.3 is 12.0 Å². The molecule has 7 N–H and O–H groups in total. The molecule has 43 heavy (non-hydrogen) atoms. The Bertz CT molecular complexity index is 939. The molecule has 0 spiro atoms. The number of ether oxygens (including phenoxy) is 3. The molecule has 0 aliphatic carbocycles. The van der Waals surface area contributed by atoms with Gasteiger partial charge in [0.2, 0.25) is 24.8 Å². The van der Waals surface area contributed by atoms with Crippen LogP contribution in [0.4, 0.5) is 4.79 Å². The lowest BCUT2D eigenvalue weighted by molar-refractivity contribution is -0.865. The Morgan fingerprint density at radius 1 is 0.860 bits per heavy atom. The molecule has 2 saturated heterocycles. The van der Waals surface area contributed by atoms with Crippen LogP contribution in [-0.4, -0.2) is 117 Å². The second-order valence-corrected chi connectivity index (χ2v) is 11.8. The number of nitrogens with one attached hydrogen (secondary N) is 2. The lowest BCUT2D eigenvalue weighted by atomic mass is 10.0. The third-order valence-corrected chi connectivity index (χ3v) is 8.56. The van der Waals surface area contributed by atoms with Crippen molar-refractivity contribution in [1.29, 1.82) is 5.41 Å². The first-order valence-electron chi connectivity index (χ1n) is 15.8. The molecular weight excluding hydrogens is 564 g/mol. The third kappa shape index (κ3) is 8.78. The Morgan fingerprint density at radius 3 is 1.88 bits per heavy atom. The van der Waals surface area contributed by atoms with Crippen LogP contribution in [0.3, 0.4) is 0 Å². The van der Waals surface area contributed by atoms with Gasteiger partial charge < -0.3 is 39.7 Å². The molecule has 9 atom stereocenters. The smallest absolute Gasteiger partial charge is 0.433 e. The lowest BCUT2D eigenvalue weighted by Crippen LogP contribution is -2.74. The van der Waals surface area contributed by atoms with Gasteiger partial charge in [-0.25, -0.2) is 10.1 Å². The minimum atomic E-state index is -1.72. The van der Waals surface area contributed by atoms with Crippen molar-refractivity contribution in [3.05, 3.63) is 0 Å². The Morgan fingerprint density at radius 2 is 1.37 bits per heavy atom. The van der Waals surface area contributed by atoms with Crippen LogP contribution in [0.5, 0.6) is 0 Å². The van der Waals surface area contributed by atoms with E-state index >= 15 is 0 Å². The summed E-state index contributed by atoms with van der Waals surface area (Å²) in [6.45, 7) is 0.895. The van der Waals surface area contributed by atoms with Gasteiger partial charge in [0.1, 0.15) is 18.3 Å². The number of nitrogens with zero attached hydrogens (tertiary/aromatic N) is 2. The van der Waals surface area contributed by atoms with Crippen LogP contribution in [-0.2, 0) is 19.0 Å². The molecule has 2 amide bonds. The third-order valence-electron chi connectivity index (χ3n) is 8.56. The number of guanidine groups is 1. The summed E-state index contributed by atoms with van der Waals surface area (Å²) in [5.74, 6) is -1.11. The van der Waals surface area contributed by atoms with Crippen LogP contribution in [0.1, 0.15) is 96.8 Å². The van der Waals surface area contributed by atoms with Crippen molar-refractivity contribution >= 4 is 24.3 Å². The molecule has 3 aliphatic rings. The summed E-state index contributed by atoms with van der Waals surface area (Å²) >= 11 is 0. The Kier molecular flexibility index (Phi) is 14.4. The van der Waals surface area contributed by atoms with E-state index in [9.17, 15) is 35.1 Å². The predicted molar refractivity (Wildman–Crippen MR) is 155 cm³/mol. The van der Waals surface area contributed by atoms with Gasteiger partial charge in [0.15, 0.2) is 18.3 Å². The number of aliphatic imine (C=N–C) groups is 1. The molecule has 3 aliphatic heterocycles. The van der Waals surface area contributed by atoms with Gasteiger partial charge in [0.25, 0.3) is 0 Å².